The minimum atomic E-state index is -1.08. The van der Waals surface area contributed by atoms with Crippen LogP contribution < -0.4 is 0 Å². The molecule has 2 rings (SSSR count). The Morgan fingerprint density at radius 2 is 2.29 bits per heavy atom. The third kappa shape index (κ3) is 1.76. The largest absolute Gasteiger partial charge is 0.477 e. The predicted molar refractivity (Wildman–Crippen MR) is 66.2 cm³/mol. The summed E-state index contributed by atoms with van der Waals surface area (Å²) in [6.45, 7) is 1.81. The molecule has 0 unspecified atom stereocenters. The van der Waals surface area contributed by atoms with Gasteiger partial charge in [0, 0.05) is 0 Å². The van der Waals surface area contributed by atoms with Gasteiger partial charge in [0.1, 0.15) is 5.37 Å². The van der Waals surface area contributed by atoms with E-state index in [1.165, 1.54) is 28.4 Å². The number of thioether (sulfide) groups is 2. The van der Waals surface area contributed by atoms with Crippen molar-refractivity contribution in [2.24, 2.45) is 5.92 Å². The summed E-state index contributed by atoms with van der Waals surface area (Å²) in [5.41, 5.74) is 0.0667. The van der Waals surface area contributed by atoms with E-state index in [-0.39, 0.29) is 17.0 Å². The summed E-state index contributed by atoms with van der Waals surface area (Å²) in [7, 11) is 0. The smallest absolute Gasteiger partial charge is 0.354 e. The molecule has 3 atom stereocenters. The van der Waals surface area contributed by atoms with Crippen LogP contribution in [0.4, 0.5) is 0 Å². The topological polar surface area (TPSA) is 77.8 Å². The quantitative estimate of drug-likeness (QED) is 0.742. The number of aliphatic hydroxyl groups is 1. The van der Waals surface area contributed by atoms with Gasteiger partial charge in [-0.15, -0.1) is 11.8 Å². The van der Waals surface area contributed by atoms with Crippen LogP contribution in [-0.4, -0.2) is 44.7 Å². The van der Waals surface area contributed by atoms with Gasteiger partial charge in [-0.2, -0.15) is 0 Å². The Morgan fingerprint density at radius 3 is 2.76 bits per heavy atom. The standard InChI is InChI=1S/C10H13NO4S2/c1-3-4(12)5-7(13)11-6(9(14)15)10(16-2)17-8(5)11/h4-5,8,12H,3H2,1-2H3,(H,14,15)/t4-,5+,8+/m0/s1. The molecule has 2 heterocycles. The summed E-state index contributed by atoms with van der Waals surface area (Å²) in [6, 6.07) is 0. The first-order chi connectivity index (χ1) is 8.02. The van der Waals surface area contributed by atoms with E-state index in [0.29, 0.717) is 10.7 Å². The van der Waals surface area contributed by atoms with Gasteiger partial charge in [0.15, 0.2) is 5.70 Å². The van der Waals surface area contributed by atoms with Crippen molar-refractivity contribution in [2.45, 2.75) is 24.8 Å². The molecule has 2 aliphatic heterocycles. The normalized spacial score (nSPS) is 29.1. The van der Waals surface area contributed by atoms with Crippen LogP contribution in [0.5, 0.6) is 0 Å². The molecule has 2 N–H and O–H groups in total. The number of β-lactam (4-membered cyclic amide) rings is 1. The number of carboxylic acids is 1. The van der Waals surface area contributed by atoms with Crippen LogP contribution in [0.2, 0.25) is 0 Å². The Labute approximate surface area is 107 Å². The van der Waals surface area contributed by atoms with E-state index in [9.17, 15) is 14.7 Å². The van der Waals surface area contributed by atoms with Gasteiger partial charge in [0.2, 0.25) is 5.91 Å². The Bertz CT molecular complexity index is 409. The highest BCUT2D eigenvalue weighted by atomic mass is 32.2. The van der Waals surface area contributed by atoms with Crippen LogP contribution in [-0.2, 0) is 9.59 Å². The third-order valence-electron chi connectivity index (χ3n) is 2.97. The lowest BCUT2D eigenvalue weighted by Crippen LogP contribution is -2.61. The van der Waals surface area contributed by atoms with Crippen LogP contribution in [0, 0.1) is 5.92 Å². The Kier molecular flexibility index (Phi) is 3.42. The zero-order valence-corrected chi connectivity index (χ0v) is 11.0. The molecule has 0 bridgehead atoms. The molecular formula is C10H13NO4S2. The fourth-order valence-electron chi connectivity index (χ4n) is 2.06. The minimum absolute atomic E-state index is 0.0667. The average molecular weight is 275 g/mol. The molecule has 5 nitrogen and oxygen atoms in total. The fourth-order valence-corrected chi connectivity index (χ4v) is 4.39. The molecule has 0 radical (unpaired) electrons. The number of nitrogens with zero attached hydrogens (tertiary/aromatic N) is 1. The number of amides is 1. The van der Waals surface area contributed by atoms with Crippen LogP contribution in [0.1, 0.15) is 13.3 Å². The molecule has 2 aliphatic rings. The lowest BCUT2D eigenvalue weighted by Gasteiger charge is -2.44. The molecule has 0 saturated carbocycles. The Hall–Kier alpha value is -0.660. The van der Waals surface area contributed by atoms with Crippen molar-refractivity contribution >= 4 is 35.4 Å². The predicted octanol–water partition coefficient (Wildman–Crippen LogP) is 0.905. The highest BCUT2D eigenvalue weighted by Crippen LogP contribution is 2.53. The Balaban J connectivity index is 2.25. The molecule has 1 saturated heterocycles. The SMILES string of the molecule is CC[C@H](O)[C@@H]1C(=O)N2C(C(=O)O)=C(SC)S[C@H]12. The number of aliphatic hydroxyl groups excluding tert-OH is 1. The van der Waals surface area contributed by atoms with Crippen molar-refractivity contribution < 1.29 is 19.8 Å². The van der Waals surface area contributed by atoms with Gasteiger partial charge >= 0.3 is 5.97 Å². The van der Waals surface area contributed by atoms with Gasteiger partial charge < -0.3 is 10.2 Å². The first kappa shape index (κ1) is 12.8. The molecule has 1 fully saturated rings. The molecule has 0 aromatic heterocycles. The van der Waals surface area contributed by atoms with Crippen molar-refractivity contribution in [3.05, 3.63) is 9.93 Å². The summed E-state index contributed by atoms with van der Waals surface area (Å²) in [5.74, 6) is -1.83. The highest BCUT2D eigenvalue weighted by Gasteiger charge is 2.57. The van der Waals surface area contributed by atoms with Crippen LogP contribution in [0.25, 0.3) is 0 Å². The van der Waals surface area contributed by atoms with Crippen LogP contribution in [0.15, 0.2) is 9.93 Å². The number of carboxylic acid groups (broad SMARTS) is 1. The second-order valence-corrected chi connectivity index (χ2v) is 6.07. The number of hydrogen-bond acceptors (Lipinski definition) is 5. The van der Waals surface area contributed by atoms with Gasteiger partial charge in [-0.25, -0.2) is 4.79 Å². The van der Waals surface area contributed by atoms with E-state index < -0.39 is 18.0 Å². The molecule has 0 aromatic carbocycles. The molecule has 94 valence electrons. The summed E-state index contributed by atoms with van der Waals surface area (Å²) < 4.78 is 0.640. The van der Waals surface area contributed by atoms with Gasteiger partial charge in [-0.05, 0) is 12.7 Å². The van der Waals surface area contributed by atoms with Crippen molar-refractivity contribution in [2.75, 3.05) is 6.26 Å². The summed E-state index contributed by atoms with van der Waals surface area (Å²) in [6.07, 6.45) is 1.60. The van der Waals surface area contributed by atoms with Crippen LogP contribution >= 0.6 is 23.5 Å². The second kappa shape index (κ2) is 4.55. The number of aliphatic carboxylic acids is 1. The molecular weight excluding hydrogens is 262 g/mol. The maximum absolute atomic E-state index is 11.9. The zero-order valence-electron chi connectivity index (χ0n) is 9.41. The Morgan fingerprint density at radius 1 is 1.65 bits per heavy atom. The molecule has 7 heteroatoms. The van der Waals surface area contributed by atoms with Crippen LogP contribution in [0.3, 0.4) is 0 Å². The molecule has 0 spiro atoms. The van der Waals surface area contributed by atoms with E-state index in [0.717, 1.165) is 0 Å². The van der Waals surface area contributed by atoms with Crippen molar-refractivity contribution in [3.63, 3.8) is 0 Å². The number of hydrogen-bond donors (Lipinski definition) is 2. The van der Waals surface area contributed by atoms with E-state index in [4.69, 9.17) is 5.11 Å². The van der Waals surface area contributed by atoms with Gasteiger partial charge in [0.05, 0.1) is 16.3 Å². The third-order valence-corrected chi connectivity index (χ3v) is 5.47. The van der Waals surface area contributed by atoms with Gasteiger partial charge in [-0.1, -0.05) is 18.7 Å². The van der Waals surface area contributed by atoms with Gasteiger partial charge in [0.25, 0.3) is 0 Å². The first-order valence-corrected chi connectivity index (χ1v) is 7.32. The number of carbonyl (C=O) groups is 2. The highest BCUT2D eigenvalue weighted by molar-refractivity contribution is 8.22. The van der Waals surface area contributed by atoms with E-state index in [2.05, 4.69) is 0 Å². The molecule has 0 aromatic rings. The number of rotatable bonds is 4. The maximum atomic E-state index is 11.9. The van der Waals surface area contributed by atoms with E-state index in [1.54, 1.807) is 13.2 Å². The monoisotopic (exact) mass is 275 g/mol. The zero-order chi connectivity index (χ0) is 12.7. The van der Waals surface area contributed by atoms with E-state index in [1.807, 2.05) is 0 Å². The summed E-state index contributed by atoms with van der Waals surface area (Å²) in [5, 5.41) is 18.6. The molecule has 1 amide bonds. The fraction of sp³-hybridized carbons (Fsp3) is 0.600. The van der Waals surface area contributed by atoms with Crippen molar-refractivity contribution in [1.82, 2.24) is 4.90 Å². The average Bonchev–Trinajstić information content (AvgIpc) is 2.63. The second-order valence-electron chi connectivity index (χ2n) is 3.86. The number of carbonyl (C=O) groups excluding carboxylic acids is 1. The molecule has 0 aliphatic carbocycles. The lowest BCUT2D eigenvalue weighted by atomic mass is 9.90. The summed E-state index contributed by atoms with van der Waals surface area (Å²) >= 11 is 2.69. The van der Waals surface area contributed by atoms with Crippen molar-refractivity contribution in [1.29, 1.82) is 0 Å². The van der Waals surface area contributed by atoms with Gasteiger partial charge in [-0.3, -0.25) is 9.69 Å². The molecule has 17 heavy (non-hydrogen) atoms. The first-order valence-electron chi connectivity index (χ1n) is 5.22. The number of fused-ring (bicyclic) bond motifs is 1. The minimum Gasteiger partial charge on any atom is -0.477 e. The summed E-state index contributed by atoms with van der Waals surface area (Å²) in [4.78, 5) is 24.3. The maximum Gasteiger partial charge on any atom is 0.354 e. The van der Waals surface area contributed by atoms with E-state index >= 15 is 0 Å². The lowest BCUT2D eigenvalue weighted by molar-refractivity contribution is -0.157. The van der Waals surface area contributed by atoms with Crippen molar-refractivity contribution in [3.8, 4) is 0 Å².